The molecular formula is C6H9NO2. The molecule has 0 saturated carbocycles. The van der Waals surface area contributed by atoms with Crippen molar-refractivity contribution >= 4 is 12.2 Å². The summed E-state index contributed by atoms with van der Waals surface area (Å²) in [6.45, 7) is 1.80. The zero-order valence-corrected chi connectivity index (χ0v) is 5.26. The average Bonchev–Trinajstić information content (AvgIpc) is 1.79. The van der Waals surface area contributed by atoms with Gasteiger partial charge in [0.2, 0.25) is 5.91 Å². The van der Waals surface area contributed by atoms with Crippen molar-refractivity contribution in [2.45, 2.75) is 19.4 Å². The van der Waals surface area contributed by atoms with Crippen LogP contribution in [0.25, 0.3) is 0 Å². The molecule has 3 heteroatoms. The zero-order valence-electron chi connectivity index (χ0n) is 5.26. The van der Waals surface area contributed by atoms with Gasteiger partial charge in [-0.3, -0.25) is 4.79 Å². The Hall–Kier alpha value is -0.860. The Morgan fingerprint density at radius 1 is 1.89 bits per heavy atom. The predicted octanol–water partition coefficient (Wildman–Crippen LogP) is -0.290. The van der Waals surface area contributed by atoms with E-state index in [1.54, 1.807) is 6.92 Å². The molecule has 1 unspecified atom stereocenters. The quantitative estimate of drug-likeness (QED) is 0.409. The molecule has 0 aromatic rings. The summed E-state index contributed by atoms with van der Waals surface area (Å²) in [6, 6.07) is 0.106. The minimum atomic E-state index is -0.0253. The summed E-state index contributed by atoms with van der Waals surface area (Å²) in [4.78, 5) is 20.4. The maximum atomic E-state index is 10.3. The second-order valence-electron chi connectivity index (χ2n) is 2.37. The fourth-order valence-corrected chi connectivity index (χ4v) is 0.798. The number of hydrogen-bond donors (Lipinski definition) is 1. The second-order valence-corrected chi connectivity index (χ2v) is 2.37. The summed E-state index contributed by atoms with van der Waals surface area (Å²) >= 11 is 0. The molecule has 0 aliphatic carbocycles. The van der Waals surface area contributed by atoms with Crippen molar-refractivity contribution in [3.8, 4) is 0 Å². The third kappa shape index (κ3) is 1.09. The molecule has 0 spiro atoms. The Morgan fingerprint density at radius 3 is 2.78 bits per heavy atom. The molecule has 9 heavy (non-hydrogen) atoms. The first-order valence-electron chi connectivity index (χ1n) is 2.98. The van der Waals surface area contributed by atoms with E-state index in [9.17, 15) is 9.59 Å². The normalized spacial score (nSPS) is 28.1. The van der Waals surface area contributed by atoms with Crippen molar-refractivity contribution < 1.29 is 9.59 Å². The first-order valence-corrected chi connectivity index (χ1v) is 2.98. The van der Waals surface area contributed by atoms with Gasteiger partial charge in [-0.25, -0.2) is 0 Å². The van der Waals surface area contributed by atoms with Crippen molar-refractivity contribution in [3.63, 3.8) is 0 Å². The van der Waals surface area contributed by atoms with Crippen molar-refractivity contribution in [1.82, 2.24) is 5.32 Å². The summed E-state index contributed by atoms with van der Waals surface area (Å²) in [5, 5.41) is 2.62. The molecule has 1 aliphatic heterocycles. The number of carbonyl (C=O) groups is 2. The third-order valence-corrected chi connectivity index (χ3v) is 1.60. The van der Waals surface area contributed by atoms with Gasteiger partial charge in [-0.05, 0) is 0 Å². The highest BCUT2D eigenvalue weighted by atomic mass is 16.2. The minimum Gasteiger partial charge on any atom is -0.352 e. The van der Waals surface area contributed by atoms with Crippen LogP contribution in [0.2, 0.25) is 0 Å². The summed E-state index contributed by atoms with van der Waals surface area (Å²) in [5.74, 6) is 0.0244. The minimum absolute atomic E-state index is 0.0253. The van der Waals surface area contributed by atoms with Crippen LogP contribution in [0, 0.1) is 5.92 Å². The molecule has 1 heterocycles. The van der Waals surface area contributed by atoms with E-state index >= 15 is 0 Å². The lowest BCUT2D eigenvalue weighted by molar-refractivity contribution is -0.130. The summed E-state index contributed by atoms with van der Waals surface area (Å²) in [5.41, 5.74) is 0. The molecule has 1 fully saturated rings. The number of amides is 1. The summed E-state index contributed by atoms with van der Waals surface area (Å²) in [6.07, 6.45) is 1.38. The fourth-order valence-electron chi connectivity index (χ4n) is 0.798. The van der Waals surface area contributed by atoms with E-state index in [2.05, 4.69) is 5.32 Å². The number of β-lactam (4-membered cyclic amide) rings is 1. The second kappa shape index (κ2) is 2.17. The van der Waals surface area contributed by atoms with Crippen LogP contribution in [0.1, 0.15) is 13.3 Å². The van der Waals surface area contributed by atoms with Gasteiger partial charge >= 0.3 is 0 Å². The first kappa shape index (κ1) is 6.26. The standard InChI is InChI=1S/C6H9NO2/c1-4(3-8)5-2-6(9)7-5/h3-5H,2H2,1H3,(H,7,9)/t4-,5?/m0/s1. The van der Waals surface area contributed by atoms with Crippen LogP contribution >= 0.6 is 0 Å². The Balaban J connectivity index is 2.30. The van der Waals surface area contributed by atoms with Crippen LogP contribution in [0.15, 0.2) is 0 Å². The molecule has 0 aromatic carbocycles. The number of aldehydes is 1. The average molecular weight is 127 g/mol. The van der Waals surface area contributed by atoms with E-state index in [-0.39, 0.29) is 17.9 Å². The molecule has 0 bridgehead atoms. The van der Waals surface area contributed by atoms with Gasteiger partial charge in [0.25, 0.3) is 0 Å². The Kier molecular flexibility index (Phi) is 1.51. The highest BCUT2D eigenvalue weighted by molar-refractivity contribution is 5.84. The molecule has 1 aliphatic rings. The molecule has 0 aromatic heterocycles. The maximum Gasteiger partial charge on any atom is 0.222 e. The number of hydrogen-bond acceptors (Lipinski definition) is 2. The van der Waals surface area contributed by atoms with Gasteiger partial charge in [-0.1, -0.05) is 6.92 Å². The summed E-state index contributed by atoms with van der Waals surface area (Å²) in [7, 11) is 0. The van der Waals surface area contributed by atoms with E-state index in [0.717, 1.165) is 6.29 Å². The van der Waals surface area contributed by atoms with Crippen molar-refractivity contribution in [3.05, 3.63) is 0 Å². The molecular weight excluding hydrogens is 118 g/mol. The van der Waals surface area contributed by atoms with Gasteiger partial charge in [-0.2, -0.15) is 0 Å². The van der Waals surface area contributed by atoms with Crippen molar-refractivity contribution in [2.75, 3.05) is 0 Å². The monoisotopic (exact) mass is 127 g/mol. The Labute approximate surface area is 53.4 Å². The SMILES string of the molecule is C[C@@H](C=O)C1CC(=O)N1. The van der Waals surface area contributed by atoms with Crippen LogP contribution in [0.3, 0.4) is 0 Å². The molecule has 2 atom stereocenters. The van der Waals surface area contributed by atoms with E-state index in [1.165, 1.54) is 0 Å². The van der Waals surface area contributed by atoms with Crippen LogP contribution in [0.5, 0.6) is 0 Å². The van der Waals surface area contributed by atoms with E-state index in [0.29, 0.717) is 6.42 Å². The highest BCUT2D eigenvalue weighted by Crippen LogP contribution is 2.11. The van der Waals surface area contributed by atoms with Gasteiger partial charge in [0.1, 0.15) is 6.29 Å². The molecule has 50 valence electrons. The molecule has 0 radical (unpaired) electrons. The smallest absolute Gasteiger partial charge is 0.222 e. The predicted molar refractivity (Wildman–Crippen MR) is 31.8 cm³/mol. The van der Waals surface area contributed by atoms with Crippen LogP contribution in [-0.4, -0.2) is 18.2 Å². The van der Waals surface area contributed by atoms with Gasteiger partial charge in [0.15, 0.2) is 0 Å². The fraction of sp³-hybridized carbons (Fsp3) is 0.667. The van der Waals surface area contributed by atoms with E-state index in [4.69, 9.17) is 0 Å². The largest absolute Gasteiger partial charge is 0.352 e. The highest BCUT2D eigenvalue weighted by Gasteiger charge is 2.29. The van der Waals surface area contributed by atoms with Crippen molar-refractivity contribution in [2.24, 2.45) is 5.92 Å². The Morgan fingerprint density at radius 2 is 2.44 bits per heavy atom. The third-order valence-electron chi connectivity index (χ3n) is 1.60. The number of rotatable bonds is 2. The molecule has 1 rings (SSSR count). The Bertz CT molecular complexity index is 136. The van der Waals surface area contributed by atoms with Crippen LogP contribution < -0.4 is 5.32 Å². The maximum absolute atomic E-state index is 10.3. The van der Waals surface area contributed by atoms with Gasteiger partial charge < -0.3 is 10.1 Å². The van der Waals surface area contributed by atoms with E-state index < -0.39 is 0 Å². The summed E-state index contributed by atoms with van der Waals surface area (Å²) < 4.78 is 0. The molecule has 1 amide bonds. The van der Waals surface area contributed by atoms with Gasteiger partial charge in [-0.15, -0.1) is 0 Å². The van der Waals surface area contributed by atoms with E-state index in [1.807, 2.05) is 0 Å². The molecule has 3 nitrogen and oxygen atoms in total. The van der Waals surface area contributed by atoms with Gasteiger partial charge in [0, 0.05) is 18.4 Å². The zero-order chi connectivity index (χ0) is 6.85. The lowest BCUT2D eigenvalue weighted by Crippen LogP contribution is -2.52. The molecule has 1 saturated heterocycles. The van der Waals surface area contributed by atoms with Crippen molar-refractivity contribution in [1.29, 1.82) is 0 Å². The number of carbonyl (C=O) groups excluding carboxylic acids is 2. The number of nitrogens with one attached hydrogen (secondary N) is 1. The van der Waals surface area contributed by atoms with Crippen LogP contribution in [-0.2, 0) is 9.59 Å². The lowest BCUT2D eigenvalue weighted by Gasteiger charge is -2.29. The topological polar surface area (TPSA) is 46.2 Å². The molecule has 1 N–H and O–H groups in total. The van der Waals surface area contributed by atoms with Gasteiger partial charge in [0.05, 0.1) is 0 Å². The first-order chi connectivity index (χ1) is 4.24. The lowest BCUT2D eigenvalue weighted by atomic mass is 9.94. The van der Waals surface area contributed by atoms with Crippen LogP contribution in [0.4, 0.5) is 0 Å².